The van der Waals surface area contributed by atoms with E-state index in [-0.39, 0.29) is 36.7 Å². The van der Waals surface area contributed by atoms with E-state index in [2.05, 4.69) is 15.6 Å². The number of hydrogen-bond acceptors (Lipinski definition) is 8. The Morgan fingerprint density at radius 3 is 2.53 bits per heavy atom. The Morgan fingerprint density at radius 2 is 1.91 bits per heavy atom. The van der Waals surface area contributed by atoms with E-state index in [0.29, 0.717) is 69.9 Å². The van der Waals surface area contributed by atoms with Crippen molar-refractivity contribution in [1.29, 1.82) is 0 Å². The van der Waals surface area contributed by atoms with Crippen LogP contribution in [0.3, 0.4) is 0 Å². The summed E-state index contributed by atoms with van der Waals surface area (Å²) in [6, 6.07) is 6.41. The largest absolute Gasteiger partial charge is 0.494 e. The molecule has 0 radical (unpaired) electrons. The number of aliphatic imine (C=N–C) groups is 1. The third-order valence-corrected chi connectivity index (χ3v) is 7.80. The van der Waals surface area contributed by atoms with Gasteiger partial charge in [0.05, 0.1) is 18.6 Å². The maximum absolute atomic E-state index is 13.9. The highest BCUT2D eigenvalue weighted by Gasteiger charge is 2.36. The normalized spacial score (nSPS) is 20.5. The second-order valence-electron chi connectivity index (χ2n) is 11.6. The quantitative estimate of drug-likeness (QED) is 0.0605. The lowest BCUT2D eigenvalue weighted by Gasteiger charge is -2.29. The number of rotatable bonds is 14. The van der Waals surface area contributed by atoms with Crippen LogP contribution < -0.4 is 32.3 Å². The number of nitrogens with two attached hydrogens (primary N) is 2. The molecule has 4 atom stereocenters. The molecule has 240 valence electrons. The Labute approximate surface area is 254 Å². The minimum absolute atomic E-state index is 0.0394. The van der Waals surface area contributed by atoms with Gasteiger partial charge >= 0.3 is 0 Å². The zero-order valence-electron chi connectivity index (χ0n) is 25.8. The molecule has 43 heavy (non-hydrogen) atoms. The monoisotopic (exact) mass is 602 g/mol. The number of benzene rings is 1. The van der Waals surface area contributed by atoms with E-state index in [1.54, 1.807) is 24.7 Å². The molecule has 0 aromatic heterocycles. The third kappa shape index (κ3) is 12.3. The number of carbonyl (C=O) groups excluding carboxylic acids is 4. The van der Waals surface area contributed by atoms with Gasteiger partial charge in [-0.05, 0) is 75.1 Å². The number of nitrogens with one attached hydrogen (secondary N) is 3. The van der Waals surface area contributed by atoms with Crippen LogP contribution in [0.4, 0.5) is 0 Å². The molecule has 0 fully saturated rings. The number of amides is 2. The van der Waals surface area contributed by atoms with Crippen molar-refractivity contribution in [2.24, 2.45) is 40.1 Å². The van der Waals surface area contributed by atoms with Crippen molar-refractivity contribution in [1.82, 2.24) is 16.1 Å². The van der Waals surface area contributed by atoms with Crippen LogP contribution >= 0.6 is 0 Å². The van der Waals surface area contributed by atoms with Gasteiger partial charge in [-0.15, -0.1) is 0 Å². The van der Waals surface area contributed by atoms with Crippen LogP contribution in [-0.4, -0.2) is 67.3 Å². The van der Waals surface area contributed by atoms with Crippen molar-refractivity contribution in [3.05, 3.63) is 29.8 Å². The zero-order chi connectivity index (χ0) is 31.8. The topological polar surface area (TPSA) is 198 Å². The van der Waals surface area contributed by atoms with Crippen molar-refractivity contribution in [2.75, 3.05) is 26.7 Å². The van der Waals surface area contributed by atoms with Crippen molar-refractivity contribution >= 4 is 29.3 Å². The fraction of sp³-hybridized carbons (Fsp3) is 0.645. The fourth-order valence-electron chi connectivity index (χ4n) is 5.42. The van der Waals surface area contributed by atoms with Gasteiger partial charge in [0.1, 0.15) is 11.5 Å². The van der Waals surface area contributed by atoms with E-state index < -0.39 is 35.6 Å². The van der Waals surface area contributed by atoms with E-state index in [9.17, 15) is 24.4 Å². The number of nitrogens with zero attached hydrogens (tertiary/aromatic N) is 1. The molecule has 2 amide bonds. The van der Waals surface area contributed by atoms with Crippen LogP contribution in [0.5, 0.6) is 5.75 Å². The van der Waals surface area contributed by atoms with Gasteiger partial charge < -0.3 is 26.8 Å². The van der Waals surface area contributed by atoms with E-state index >= 15 is 0 Å². The number of ether oxygens (including phenoxy) is 1. The Balaban J connectivity index is 2.37. The Hall–Kier alpha value is -3.51. The van der Waals surface area contributed by atoms with E-state index in [1.807, 2.05) is 26.0 Å². The molecule has 1 aromatic rings. The Bertz CT molecular complexity index is 1080. The van der Waals surface area contributed by atoms with Crippen LogP contribution in [-0.2, 0) is 25.6 Å². The van der Waals surface area contributed by atoms with Gasteiger partial charge in [0, 0.05) is 38.3 Å². The average Bonchev–Trinajstić information content (AvgIpc) is 2.99. The van der Waals surface area contributed by atoms with E-state index in [1.165, 1.54) is 0 Å². The molecule has 2 bridgehead atoms. The fourth-order valence-corrected chi connectivity index (χ4v) is 5.42. The first kappa shape index (κ1) is 35.7. The van der Waals surface area contributed by atoms with Gasteiger partial charge in [-0.3, -0.25) is 29.4 Å². The summed E-state index contributed by atoms with van der Waals surface area (Å²) in [6.45, 7) is 5.11. The number of guanidine groups is 1. The number of fused-ring (bicyclic) bond motifs is 11. The van der Waals surface area contributed by atoms with Crippen LogP contribution in [0.15, 0.2) is 29.3 Å². The number of carbonyl (C=O) groups is 4. The summed E-state index contributed by atoms with van der Waals surface area (Å²) >= 11 is 0. The zero-order valence-corrected chi connectivity index (χ0v) is 25.8. The van der Waals surface area contributed by atoms with Gasteiger partial charge in [0.25, 0.3) is 0 Å². The van der Waals surface area contributed by atoms with E-state index in [0.717, 1.165) is 5.56 Å². The maximum Gasteiger partial charge on any atom is 0.247 e. The molecule has 12 nitrogen and oxygen atoms in total. The number of hydrogen-bond donors (Lipinski definition) is 6. The Kier molecular flexibility index (Phi) is 15.7. The molecular weight excluding hydrogens is 552 g/mol. The van der Waals surface area contributed by atoms with Crippen molar-refractivity contribution in [3.63, 3.8) is 0 Å². The molecule has 0 aliphatic carbocycles. The van der Waals surface area contributed by atoms with Gasteiger partial charge in [-0.2, -0.15) is 0 Å². The summed E-state index contributed by atoms with van der Waals surface area (Å²) in [6.07, 6.45) is 3.21. The SMILES string of the molecule is CN=C(N)NCCC[C@H](CC(=O)[C@@H]1Cc2ccc(cc2)OCCC[C@H](C(=O)NO)[C@@H](CC(C)C)C(=O)N1)C(=O)CCCN. The highest BCUT2D eigenvalue weighted by Crippen LogP contribution is 2.27. The van der Waals surface area contributed by atoms with E-state index in [4.69, 9.17) is 16.2 Å². The first-order chi connectivity index (χ1) is 20.6. The summed E-state index contributed by atoms with van der Waals surface area (Å²) in [4.78, 5) is 57.4. The van der Waals surface area contributed by atoms with Crippen molar-refractivity contribution in [2.45, 2.75) is 77.7 Å². The number of hydroxylamine groups is 1. The minimum atomic E-state index is -0.916. The highest BCUT2D eigenvalue weighted by atomic mass is 16.5. The van der Waals surface area contributed by atoms with Gasteiger partial charge in [-0.1, -0.05) is 26.0 Å². The predicted octanol–water partition coefficient (Wildman–Crippen LogP) is 1.87. The molecular formula is C31H50N6O6. The molecule has 0 spiro atoms. The molecule has 12 heteroatoms. The first-order valence-electron chi connectivity index (χ1n) is 15.3. The molecule has 0 unspecified atom stereocenters. The minimum Gasteiger partial charge on any atom is -0.494 e. The first-order valence-corrected chi connectivity index (χ1v) is 15.3. The summed E-state index contributed by atoms with van der Waals surface area (Å²) < 4.78 is 5.83. The summed E-state index contributed by atoms with van der Waals surface area (Å²) in [5.74, 6) is -2.48. The molecule has 8 N–H and O–H groups in total. The van der Waals surface area contributed by atoms with Crippen LogP contribution in [0.1, 0.15) is 70.8 Å². The predicted molar refractivity (Wildman–Crippen MR) is 164 cm³/mol. The second-order valence-corrected chi connectivity index (χ2v) is 11.6. The number of ketones is 2. The van der Waals surface area contributed by atoms with Crippen LogP contribution in [0.25, 0.3) is 0 Å². The average molecular weight is 603 g/mol. The summed E-state index contributed by atoms with van der Waals surface area (Å²) in [7, 11) is 1.57. The Morgan fingerprint density at radius 1 is 1.19 bits per heavy atom. The van der Waals surface area contributed by atoms with Gasteiger partial charge in [-0.25, -0.2) is 5.48 Å². The summed E-state index contributed by atoms with van der Waals surface area (Å²) in [5, 5.41) is 15.4. The molecule has 0 saturated heterocycles. The molecule has 2 aliphatic rings. The van der Waals surface area contributed by atoms with Gasteiger partial charge in [0.15, 0.2) is 11.7 Å². The lowest BCUT2D eigenvalue weighted by atomic mass is 9.81. The van der Waals surface area contributed by atoms with Crippen LogP contribution in [0, 0.1) is 23.7 Å². The summed E-state index contributed by atoms with van der Waals surface area (Å²) in [5.41, 5.74) is 13.9. The molecule has 2 aliphatic heterocycles. The lowest BCUT2D eigenvalue weighted by molar-refractivity contribution is -0.142. The lowest BCUT2D eigenvalue weighted by Crippen LogP contribution is -2.49. The third-order valence-electron chi connectivity index (χ3n) is 7.80. The smallest absolute Gasteiger partial charge is 0.247 e. The molecule has 1 aromatic carbocycles. The van der Waals surface area contributed by atoms with Gasteiger partial charge in [0.2, 0.25) is 11.8 Å². The van der Waals surface area contributed by atoms with Crippen molar-refractivity contribution < 1.29 is 29.1 Å². The highest BCUT2D eigenvalue weighted by molar-refractivity contribution is 5.94. The maximum atomic E-state index is 13.9. The van der Waals surface area contributed by atoms with Crippen molar-refractivity contribution in [3.8, 4) is 5.75 Å². The number of Topliss-reactive ketones (excluding diaryl/α,β-unsaturated/α-hetero) is 2. The molecule has 0 saturated carbocycles. The standard InChI is InChI=1S/C31H50N6O6/c1-20(2)17-25-24(30(41)37-42)8-6-16-43-23-12-10-21(11-13-23)18-26(36-29(25)40)28(39)19-22(27(38)9-4-14-32)7-5-15-35-31(33)34-3/h10-13,20,22,24-26,42H,4-9,14-19,32H2,1-3H3,(H,36,40)(H,37,41)(H3,33,34,35)/t22-,24+,25-,26+/m1/s1. The molecule has 3 rings (SSSR count). The van der Waals surface area contributed by atoms with Crippen LogP contribution in [0.2, 0.25) is 0 Å². The molecule has 2 heterocycles. The second kappa shape index (κ2) is 18.9.